The molecule has 27 heavy (non-hydrogen) atoms. The Balaban J connectivity index is 1.99. The summed E-state index contributed by atoms with van der Waals surface area (Å²) in [5.74, 6) is 0.607. The summed E-state index contributed by atoms with van der Waals surface area (Å²) in [6.07, 6.45) is 3.98. The fraction of sp³-hybridized carbons (Fsp3) is 0.571. The van der Waals surface area contributed by atoms with E-state index in [1.807, 2.05) is 49.1 Å². The van der Waals surface area contributed by atoms with Crippen molar-refractivity contribution in [1.82, 2.24) is 0 Å². The van der Waals surface area contributed by atoms with Crippen molar-refractivity contribution < 1.29 is 23.7 Å². The van der Waals surface area contributed by atoms with Crippen LogP contribution in [-0.4, -0.2) is 31.9 Å². The van der Waals surface area contributed by atoms with Gasteiger partial charge in [-0.1, -0.05) is 40.8 Å². The Morgan fingerprint density at radius 2 is 1.89 bits per heavy atom. The first-order valence-electron chi connectivity index (χ1n) is 9.20. The van der Waals surface area contributed by atoms with Crippen molar-refractivity contribution in [3.63, 3.8) is 0 Å². The van der Waals surface area contributed by atoms with E-state index in [0.717, 1.165) is 24.2 Å². The van der Waals surface area contributed by atoms with Crippen LogP contribution in [0.1, 0.15) is 51.9 Å². The average molecular weight is 488 g/mol. The lowest BCUT2D eigenvalue weighted by atomic mass is 9.97. The lowest BCUT2D eigenvalue weighted by Crippen LogP contribution is -2.34. The topological polar surface area (TPSA) is 54.0 Å². The number of hydrogen-bond acceptors (Lipinski definition) is 5. The smallest absolute Gasteiger partial charge is 0.311 e. The summed E-state index contributed by atoms with van der Waals surface area (Å²) in [4.78, 5) is 11.9. The van der Waals surface area contributed by atoms with Gasteiger partial charge in [-0.3, -0.25) is 4.79 Å². The molecule has 0 amide bonds. The van der Waals surface area contributed by atoms with E-state index in [1.54, 1.807) is 7.11 Å². The highest BCUT2D eigenvalue weighted by Gasteiger charge is 2.31. The van der Waals surface area contributed by atoms with Crippen molar-refractivity contribution in [1.29, 1.82) is 0 Å². The third-order valence-corrected chi connectivity index (χ3v) is 4.83. The van der Waals surface area contributed by atoms with E-state index < -0.39 is 11.7 Å². The molecule has 0 bridgehead atoms. The highest BCUT2D eigenvalue weighted by molar-refractivity contribution is 14.1. The molecule has 1 aromatic rings. The Morgan fingerprint density at radius 1 is 1.22 bits per heavy atom. The average Bonchev–Trinajstić information content (AvgIpc) is 2.65. The van der Waals surface area contributed by atoms with Crippen LogP contribution in [0.25, 0.3) is 0 Å². The molecule has 1 fully saturated rings. The molecule has 0 saturated carbocycles. The Hall–Kier alpha value is -1.12. The zero-order chi connectivity index (χ0) is 19.9. The van der Waals surface area contributed by atoms with Gasteiger partial charge in [0.25, 0.3) is 0 Å². The molecule has 0 radical (unpaired) electrons. The van der Waals surface area contributed by atoms with Crippen LogP contribution in [0.2, 0.25) is 0 Å². The van der Waals surface area contributed by atoms with E-state index in [9.17, 15) is 4.79 Å². The van der Waals surface area contributed by atoms with Gasteiger partial charge in [-0.05, 0) is 43.4 Å². The summed E-state index contributed by atoms with van der Waals surface area (Å²) in [6, 6.07) is 7.71. The van der Waals surface area contributed by atoms with Crippen LogP contribution in [0, 0.1) is 5.41 Å². The predicted octanol–water partition coefficient (Wildman–Crippen LogP) is 5.19. The van der Waals surface area contributed by atoms with Crippen molar-refractivity contribution in [2.75, 3.05) is 13.7 Å². The fourth-order valence-corrected chi connectivity index (χ4v) is 3.04. The molecule has 1 aliphatic heterocycles. The zero-order valence-electron chi connectivity index (χ0n) is 16.4. The van der Waals surface area contributed by atoms with Crippen molar-refractivity contribution >= 4 is 28.6 Å². The van der Waals surface area contributed by atoms with E-state index in [1.165, 1.54) is 0 Å². The predicted molar refractivity (Wildman–Crippen MR) is 113 cm³/mol. The first-order chi connectivity index (χ1) is 12.8. The summed E-state index contributed by atoms with van der Waals surface area (Å²) in [5, 5.41) is 0. The molecule has 1 saturated heterocycles. The fourth-order valence-electron chi connectivity index (χ4n) is 2.74. The van der Waals surface area contributed by atoms with Crippen molar-refractivity contribution in [3.05, 3.63) is 40.0 Å². The second kappa shape index (κ2) is 10.4. The number of hydrogen-bond donors (Lipinski definition) is 0. The first-order valence-corrected chi connectivity index (χ1v) is 10.5. The molecule has 0 spiro atoms. The number of esters is 1. The van der Waals surface area contributed by atoms with Gasteiger partial charge in [0.15, 0.2) is 6.29 Å². The van der Waals surface area contributed by atoms with E-state index in [0.29, 0.717) is 13.0 Å². The van der Waals surface area contributed by atoms with Gasteiger partial charge < -0.3 is 18.9 Å². The molecule has 0 unspecified atom stereocenters. The minimum atomic E-state index is -0.490. The maximum atomic E-state index is 11.9. The number of carbonyl (C=O) groups excluding carboxylic acids is 1. The van der Waals surface area contributed by atoms with Gasteiger partial charge in [-0.15, -0.1) is 0 Å². The standard InChI is InChI=1S/C21H29IO5/c1-21(2,3)20(23)25-13-11-18-14-17(6-5-12-22)26-19(27-18)15-7-9-16(24-4)10-8-15/h5,7-10,12,17-19H,6,11,13-14H2,1-4H3/b12-5+/t17-,18+,19-/m0/s1. The summed E-state index contributed by atoms with van der Waals surface area (Å²) in [7, 11) is 1.64. The highest BCUT2D eigenvalue weighted by atomic mass is 127. The molecule has 0 N–H and O–H groups in total. The van der Waals surface area contributed by atoms with Crippen molar-refractivity contribution in [3.8, 4) is 5.75 Å². The minimum absolute atomic E-state index is 0.0220. The molecule has 2 rings (SSSR count). The van der Waals surface area contributed by atoms with E-state index in [-0.39, 0.29) is 18.2 Å². The largest absolute Gasteiger partial charge is 0.497 e. The molecule has 1 heterocycles. The monoisotopic (exact) mass is 488 g/mol. The number of rotatable bonds is 7. The SMILES string of the molecule is COc1ccc([C@@H]2O[C@H](CCOC(=O)C(C)(C)C)C[C@H](C/C=C/I)O2)cc1. The quantitative estimate of drug-likeness (QED) is 0.391. The Kier molecular flexibility index (Phi) is 8.57. The number of halogens is 1. The number of benzene rings is 1. The third kappa shape index (κ3) is 7.08. The van der Waals surface area contributed by atoms with Crippen LogP contribution < -0.4 is 4.74 Å². The van der Waals surface area contributed by atoms with Gasteiger partial charge >= 0.3 is 5.97 Å². The number of ether oxygens (including phenoxy) is 4. The van der Waals surface area contributed by atoms with Crippen LogP contribution in [0.3, 0.4) is 0 Å². The van der Waals surface area contributed by atoms with Gasteiger partial charge in [-0.2, -0.15) is 0 Å². The molecular formula is C21H29IO5. The van der Waals surface area contributed by atoms with Crippen LogP contribution in [0.5, 0.6) is 5.75 Å². The maximum Gasteiger partial charge on any atom is 0.311 e. The van der Waals surface area contributed by atoms with E-state index >= 15 is 0 Å². The molecule has 5 nitrogen and oxygen atoms in total. The molecule has 150 valence electrons. The Morgan fingerprint density at radius 3 is 2.48 bits per heavy atom. The summed E-state index contributed by atoms with van der Waals surface area (Å²) < 4.78 is 24.9. The second-order valence-electron chi connectivity index (χ2n) is 7.63. The summed E-state index contributed by atoms with van der Waals surface area (Å²) in [5.41, 5.74) is 0.464. The number of carbonyl (C=O) groups is 1. The van der Waals surface area contributed by atoms with E-state index in [4.69, 9.17) is 18.9 Å². The van der Waals surface area contributed by atoms with Gasteiger partial charge in [0.1, 0.15) is 5.75 Å². The van der Waals surface area contributed by atoms with Gasteiger partial charge in [0.05, 0.1) is 31.3 Å². The van der Waals surface area contributed by atoms with Crippen LogP contribution in [0.15, 0.2) is 34.4 Å². The summed E-state index contributed by atoms with van der Waals surface area (Å²) in [6.45, 7) is 5.91. The normalized spacial score (nSPS) is 23.4. The molecule has 1 aliphatic rings. The minimum Gasteiger partial charge on any atom is -0.497 e. The van der Waals surface area contributed by atoms with Crippen LogP contribution >= 0.6 is 22.6 Å². The third-order valence-electron chi connectivity index (χ3n) is 4.32. The summed E-state index contributed by atoms with van der Waals surface area (Å²) >= 11 is 2.21. The van der Waals surface area contributed by atoms with Crippen LogP contribution in [-0.2, 0) is 19.0 Å². The zero-order valence-corrected chi connectivity index (χ0v) is 18.6. The van der Waals surface area contributed by atoms with Gasteiger partial charge in [-0.25, -0.2) is 0 Å². The molecule has 0 aromatic heterocycles. The Labute approximate surface area is 175 Å². The van der Waals surface area contributed by atoms with Gasteiger partial charge in [0, 0.05) is 18.4 Å². The highest BCUT2D eigenvalue weighted by Crippen LogP contribution is 2.33. The van der Waals surface area contributed by atoms with Crippen molar-refractivity contribution in [2.45, 2.75) is 58.5 Å². The van der Waals surface area contributed by atoms with Gasteiger partial charge in [0.2, 0.25) is 0 Å². The number of methoxy groups -OCH3 is 1. The molecule has 1 aromatic carbocycles. The maximum absolute atomic E-state index is 11.9. The van der Waals surface area contributed by atoms with Crippen molar-refractivity contribution in [2.24, 2.45) is 5.41 Å². The van der Waals surface area contributed by atoms with Crippen LogP contribution in [0.4, 0.5) is 0 Å². The second-order valence-corrected chi connectivity index (χ2v) is 8.35. The molecular weight excluding hydrogens is 459 g/mol. The molecule has 3 atom stereocenters. The Bertz CT molecular complexity index is 620. The molecule has 6 heteroatoms. The first kappa shape index (κ1) is 22.2. The lowest BCUT2D eigenvalue weighted by Gasteiger charge is -2.36. The molecule has 0 aliphatic carbocycles. The van der Waals surface area contributed by atoms with E-state index in [2.05, 4.69) is 28.7 Å². The lowest BCUT2D eigenvalue weighted by molar-refractivity contribution is -0.249.